The molecule has 0 fully saturated rings. The third-order valence-corrected chi connectivity index (χ3v) is 9.17. The van der Waals surface area contributed by atoms with Crippen molar-refractivity contribution in [2.45, 2.75) is 187 Å². The maximum absolute atomic E-state index is 12.8. The fourth-order valence-electron chi connectivity index (χ4n) is 5.83. The van der Waals surface area contributed by atoms with Crippen LogP contribution in [0.1, 0.15) is 174 Å². The predicted octanol–water partition coefficient (Wildman–Crippen LogP) is 10.7. The second-order valence-electron chi connectivity index (χ2n) is 14.4. The molecule has 0 bridgehead atoms. The number of hydrogen-bond donors (Lipinski definition) is 4. The highest BCUT2D eigenvalue weighted by molar-refractivity contribution is 5.87. The lowest BCUT2D eigenvalue weighted by atomic mass is 10.1. The van der Waals surface area contributed by atoms with Gasteiger partial charge in [-0.3, -0.25) is 14.4 Å². The van der Waals surface area contributed by atoms with E-state index in [4.69, 9.17) is 14.9 Å². The van der Waals surface area contributed by atoms with Crippen molar-refractivity contribution < 1.29 is 34.1 Å². The first kappa shape index (κ1) is 52.3. The molecule has 0 aromatic rings. The molecule has 0 rings (SSSR count). The lowest BCUT2D eigenvalue weighted by Crippen LogP contribution is -2.47. The third-order valence-electron chi connectivity index (χ3n) is 9.17. The molecule has 0 saturated heterocycles. The number of ether oxygens (including phenoxy) is 1. The van der Waals surface area contributed by atoms with E-state index in [1.165, 1.54) is 44.9 Å². The van der Waals surface area contributed by atoms with E-state index in [0.29, 0.717) is 12.8 Å². The zero-order chi connectivity index (χ0) is 41.2. The molecule has 0 aliphatic rings. The van der Waals surface area contributed by atoms with Crippen LogP contribution >= 0.6 is 0 Å². The first-order valence-electron chi connectivity index (χ1n) is 21.8. The van der Waals surface area contributed by atoms with Gasteiger partial charge in [-0.25, -0.2) is 4.79 Å². The number of carbonyl (C=O) groups excluding carboxylic acids is 3. The zero-order valence-corrected chi connectivity index (χ0v) is 35.1. The van der Waals surface area contributed by atoms with Gasteiger partial charge < -0.3 is 25.6 Å². The zero-order valence-electron chi connectivity index (χ0n) is 35.1. The first-order chi connectivity index (χ1) is 27.3. The Morgan fingerprint density at radius 3 is 1.64 bits per heavy atom. The number of carbonyl (C=O) groups is 4. The number of aliphatic hydroxyl groups excluding tert-OH is 1. The standard InChI is InChI=1S/C47H78N2O7/c1-3-5-7-9-11-13-15-16-17-18-19-20-22-24-26-31-35-39-46(53)56-42(36-32-28-25-23-21-14-12-10-8-6-4-2)37-33-29-27-30-34-38-44(51)48-40-45(52)49-43(41-50)47(54)55/h5,7,11-14,16-17,23,25,32,36,42-43,50H,3-4,6,8-10,15,18-22,24,26-31,33-35,37-41H2,1-2H3,(H,48,51)(H,49,52)(H,54,55)/b7-5-,13-11-,14-12-,17-16-,25-23-,36-32-. The summed E-state index contributed by atoms with van der Waals surface area (Å²) in [5.41, 5.74) is 0. The van der Waals surface area contributed by atoms with E-state index in [9.17, 15) is 19.2 Å². The number of nitrogens with one attached hydrogen (secondary N) is 2. The molecule has 2 atom stereocenters. The number of allylic oxidation sites excluding steroid dienone is 11. The van der Waals surface area contributed by atoms with Gasteiger partial charge in [-0.2, -0.15) is 0 Å². The molecule has 4 N–H and O–H groups in total. The summed E-state index contributed by atoms with van der Waals surface area (Å²) in [6.45, 7) is 3.31. The SMILES string of the molecule is CC/C=C\C/C=C\C/C=C\CCCCCCCCCC(=O)OC(/C=C\C/C=C\C/C=C\CCCCC)CCCCCCCC(=O)NCC(=O)NC(CO)C(=O)O. The third kappa shape index (κ3) is 37.2. The maximum Gasteiger partial charge on any atom is 0.328 e. The molecule has 0 aliphatic carbocycles. The first-order valence-corrected chi connectivity index (χ1v) is 21.8. The Balaban J connectivity index is 4.41. The van der Waals surface area contributed by atoms with Gasteiger partial charge in [0.15, 0.2) is 0 Å². The number of esters is 1. The minimum Gasteiger partial charge on any atom is -0.480 e. The van der Waals surface area contributed by atoms with Gasteiger partial charge in [0, 0.05) is 12.8 Å². The van der Waals surface area contributed by atoms with E-state index in [0.717, 1.165) is 96.3 Å². The molecular weight excluding hydrogens is 705 g/mol. The Labute approximate surface area is 340 Å². The summed E-state index contributed by atoms with van der Waals surface area (Å²) in [5, 5.41) is 22.5. The lowest BCUT2D eigenvalue weighted by Gasteiger charge is -2.15. The van der Waals surface area contributed by atoms with E-state index < -0.39 is 24.5 Å². The summed E-state index contributed by atoms with van der Waals surface area (Å²) in [6.07, 6.45) is 50.8. The van der Waals surface area contributed by atoms with Crippen LogP contribution in [0.2, 0.25) is 0 Å². The number of unbranched alkanes of at least 4 members (excludes halogenated alkanes) is 14. The van der Waals surface area contributed by atoms with Crippen LogP contribution in [0.4, 0.5) is 0 Å². The van der Waals surface area contributed by atoms with Crippen LogP contribution in [0.3, 0.4) is 0 Å². The lowest BCUT2D eigenvalue weighted by molar-refractivity contribution is -0.147. The summed E-state index contributed by atoms with van der Waals surface area (Å²) in [6, 6.07) is -1.39. The number of amides is 2. The predicted molar refractivity (Wildman–Crippen MR) is 231 cm³/mol. The van der Waals surface area contributed by atoms with Crippen LogP contribution < -0.4 is 10.6 Å². The number of hydrogen-bond acceptors (Lipinski definition) is 6. The Morgan fingerprint density at radius 2 is 1.07 bits per heavy atom. The van der Waals surface area contributed by atoms with Gasteiger partial charge in [-0.1, -0.05) is 145 Å². The summed E-state index contributed by atoms with van der Waals surface area (Å²) in [4.78, 5) is 47.5. The van der Waals surface area contributed by atoms with Crippen molar-refractivity contribution in [2.75, 3.05) is 13.2 Å². The Morgan fingerprint density at radius 1 is 0.571 bits per heavy atom. The van der Waals surface area contributed by atoms with Crippen molar-refractivity contribution in [2.24, 2.45) is 0 Å². The monoisotopic (exact) mass is 783 g/mol. The van der Waals surface area contributed by atoms with Crippen molar-refractivity contribution in [1.29, 1.82) is 0 Å². The molecule has 0 radical (unpaired) electrons. The van der Waals surface area contributed by atoms with Gasteiger partial charge in [-0.05, 0) is 89.5 Å². The number of carboxylic acid groups (broad SMARTS) is 1. The number of aliphatic hydroxyl groups is 1. The average molecular weight is 783 g/mol. The van der Waals surface area contributed by atoms with Gasteiger partial charge >= 0.3 is 11.9 Å². The molecule has 0 heterocycles. The van der Waals surface area contributed by atoms with Gasteiger partial charge in [-0.15, -0.1) is 0 Å². The van der Waals surface area contributed by atoms with Crippen LogP contribution in [0, 0.1) is 0 Å². The fraction of sp³-hybridized carbons (Fsp3) is 0.660. The molecule has 0 aliphatic heterocycles. The van der Waals surface area contributed by atoms with Crippen molar-refractivity contribution in [3.05, 3.63) is 72.9 Å². The second kappa shape index (κ2) is 40.9. The number of carboxylic acids is 1. The molecule has 9 nitrogen and oxygen atoms in total. The number of aliphatic carboxylic acids is 1. The van der Waals surface area contributed by atoms with Crippen LogP contribution in [0.15, 0.2) is 72.9 Å². The Hall–Kier alpha value is -3.72. The van der Waals surface area contributed by atoms with Crippen LogP contribution in [0.25, 0.3) is 0 Å². The van der Waals surface area contributed by atoms with E-state index in [1.807, 2.05) is 6.08 Å². The van der Waals surface area contributed by atoms with Crippen LogP contribution in [0.5, 0.6) is 0 Å². The maximum atomic E-state index is 12.8. The van der Waals surface area contributed by atoms with Crippen molar-refractivity contribution in [3.63, 3.8) is 0 Å². The largest absolute Gasteiger partial charge is 0.480 e. The summed E-state index contributed by atoms with van der Waals surface area (Å²) >= 11 is 0. The molecule has 318 valence electrons. The Bertz CT molecular complexity index is 1170. The summed E-state index contributed by atoms with van der Waals surface area (Å²) in [5.74, 6) is -2.41. The van der Waals surface area contributed by atoms with Crippen molar-refractivity contribution in [1.82, 2.24) is 10.6 Å². The minimum atomic E-state index is -1.39. The van der Waals surface area contributed by atoms with E-state index in [1.54, 1.807) is 0 Å². The topological polar surface area (TPSA) is 142 Å². The smallest absolute Gasteiger partial charge is 0.328 e. The van der Waals surface area contributed by atoms with Crippen LogP contribution in [-0.4, -0.2) is 59.3 Å². The summed E-state index contributed by atoms with van der Waals surface area (Å²) in [7, 11) is 0. The quantitative estimate of drug-likeness (QED) is 0.0277. The molecule has 2 unspecified atom stereocenters. The van der Waals surface area contributed by atoms with Crippen LogP contribution in [-0.2, 0) is 23.9 Å². The fourth-order valence-corrected chi connectivity index (χ4v) is 5.83. The normalized spacial score (nSPS) is 13.2. The molecule has 56 heavy (non-hydrogen) atoms. The van der Waals surface area contributed by atoms with Crippen molar-refractivity contribution in [3.8, 4) is 0 Å². The van der Waals surface area contributed by atoms with Gasteiger partial charge in [0.05, 0.1) is 13.2 Å². The molecule has 9 heteroatoms. The molecule has 0 aromatic carbocycles. The van der Waals surface area contributed by atoms with Gasteiger partial charge in [0.1, 0.15) is 12.1 Å². The number of rotatable bonds is 38. The molecule has 2 amide bonds. The van der Waals surface area contributed by atoms with E-state index >= 15 is 0 Å². The molecule has 0 aromatic heterocycles. The summed E-state index contributed by atoms with van der Waals surface area (Å²) < 4.78 is 5.91. The Kier molecular flexibility index (Phi) is 38.2. The highest BCUT2D eigenvalue weighted by Gasteiger charge is 2.18. The minimum absolute atomic E-state index is 0.128. The van der Waals surface area contributed by atoms with Crippen molar-refractivity contribution >= 4 is 23.8 Å². The molecule has 0 saturated carbocycles. The highest BCUT2D eigenvalue weighted by Crippen LogP contribution is 2.15. The van der Waals surface area contributed by atoms with E-state index in [2.05, 4.69) is 91.3 Å². The molecule has 0 spiro atoms. The van der Waals surface area contributed by atoms with Gasteiger partial charge in [0.25, 0.3) is 0 Å². The van der Waals surface area contributed by atoms with Gasteiger partial charge in [0.2, 0.25) is 11.8 Å². The molecular formula is C47H78N2O7. The average Bonchev–Trinajstić information content (AvgIpc) is 3.18. The second-order valence-corrected chi connectivity index (χ2v) is 14.4. The van der Waals surface area contributed by atoms with E-state index in [-0.39, 0.29) is 30.9 Å². The highest BCUT2D eigenvalue weighted by atomic mass is 16.5.